The second kappa shape index (κ2) is 5.89. The Balaban J connectivity index is 2.56. The van der Waals surface area contributed by atoms with Gasteiger partial charge in [-0.3, -0.25) is 0 Å². The van der Waals surface area contributed by atoms with E-state index in [-0.39, 0.29) is 11.9 Å². The first-order valence-electron chi connectivity index (χ1n) is 5.87. The van der Waals surface area contributed by atoms with Crippen LogP contribution < -0.4 is 5.73 Å². The summed E-state index contributed by atoms with van der Waals surface area (Å²) in [5, 5.41) is 0. The van der Waals surface area contributed by atoms with E-state index in [2.05, 4.69) is 44.6 Å². The Morgan fingerprint density at radius 3 is 2.32 bits per heavy atom. The van der Waals surface area contributed by atoms with Gasteiger partial charge in [-0.25, -0.2) is 4.39 Å². The van der Waals surface area contributed by atoms with Crippen LogP contribution in [0.4, 0.5) is 4.39 Å². The largest absolute Gasteiger partial charge is 0.320 e. The molecule has 0 heterocycles. The average molecular weight is 434 g/mol. The van der Waals surface area contributed by atoms with Crippen molar-refractivity contribution >= 4 is 38.5 Å². The monoisotopic (exact) mass is 433 g/mol. The molecule has 0 spiro atoms. The number of nitrogens with two attached hydrogens (primary N) is 1. The highest BCUT2D eigenvalue weighted by Crippen LogP contribution is 2.32. The number of hydrogen-bond donors (Lipinski definition) is 1. The predicted molar refractivity (Wildman–Crippen MR) is 88.8 cm³/mol. The second-order valence-electron chi connectivity index (χ2n) is 4.60. The molecule has 0 saturated heterocycles. The number of hydrogen-bond acceptors (Lipinski definition) is 1. The third-order valence-corrected chi connectivity index (χ3v) is 4.56. The summed E-state index contributed by atoms with van der Waals surface area (Å²) in [5.41, 5.74) is 10.2. The summed E-state index contributed by atoms with van der Waals surface area (Å²) in [7, 11) is 0. The van der Waals surface area contributed by atoms with E-state index in [1.54, 1.807) is 0 Å². The van der Waals surface area contributed by atoms with E-state index in [0.29, 0.717) is 0 Å². The minimum absolute atomic E-state index is 0.215. The van der Waals surface area contributed by atoms with Gasteiger partial charge in [0.15, 0.2) is 0 Å². The molecule has 0 aromatic heterocycles. The van der Waals surface area contributed by atoms with Crippen LogP contribution in [0.15, 0.2) is 34.8 Å². The molecular formula is C15H14BrFIN. The fourth-order valence-electron chi connectivity index (χ4n) is 2.32. The molecule has 0 aliphatic heterocycles. The van der Waals surface area contributed by atoms with Crippen molar-refractivity contribution in [1.29, 1.82) is 0 Å². The molecule has 100 valence electrons. The van der Waals surface area contributed by atoms with Crippen LogP contribution in [-0.2, 0) is 0 Å². The van der Waals surface area contributed by atoms with Crippen LogP contribution in [0.1, 0.15) is 28.3 Å². The van der Waals surface area contributed by atoms with E-state index in [0.717, 1.165) is 30.3 Å². The fourth-order valence-corrected chi connectivity index (χ4v) is 3.33. The Kier molecular flexibility index (Phi) is 4.63. The molecule has 19 heavy (non-hydrogen) atoms. The van der Waals surface area contributed by atoms with Crippen LogP contribution >= 0.6 is 38.5 Å². The Bertz CT molecular complexity index is 605. The van der Waals surface area contributed by atoms with Crippen LogP contribution in [0.5, 0.6) is 0 Å². The van der Waals surface area contributed by atoms with E-state index in [1.807, 2.05) is 26.0 Å². The molecule has 0 radical (unpaired) electrons. The summed E-state index contributed by atoms with van der Waals surface area (Å²) in [4.78, 5) is 0. The highest BCUT2D eigenvalue weighted by Gasteiger charge is 2.17. The number of rotatable bonds is 2. The van der Waals surface area contributed by atoms with Crippen LogP contribution in [0.2, 0.25) is 0 Å². The van der Waals surface area contributed by atoms with Crippen molar-refractivity contribution in [2.75, 3.05) is 0 Å². The Morgan fingerprint density at radius 1 is 1.16 bits per heavy atom. The SMILES string of the molecule is Cc1cc(F)cc(C)c1C(N)c1cc(I)ccc1Br. The minimum Gasteiger partial charge on any atom is -0.320 e. The lowest BCUT2D eigenvalue weighted by Gasteiger charge is -2.19. The van der Waals surface area contributed by atoms with Gasteiger partial charge in [-0.2, -0.15) is 0 Å². The van der Waals surface area contributed by atoms with Gasteiger partial charge in [0, 0.05) is 8.04 Å². The molecule has 1 nitrogen and oxygen atoms in total. The molecule has 0 saturated carbocycles. The molecule has 0 fully saturated rings. The van der Waals surface area contributed by atoms with Crippen molar-refractivity contribution in [3.8, 4) is 0 Å². The Labute approximate surface area is 134 Å². The molecule has 0 amide bonds. The summed E-state index contributed by atoms with van der Waals surface area (Å²) < 4.78 is 15.5. The number of aryl methyl sites for hydroxylation is 2. The third-order valence-electron chi connectivity index (χ3n) is 3.16. The number of halogens is 3. The molecule has 4 heteroatoms. The smallest absolute Gasteiger partial charge is 0.123 e. The first-order chi connectivity index (χ1) is 8.90. The lowest BCUT2D eigenvalue weighted by Crippen LogP contribution is -2.16. The maximum absolute atomic E-state index is 13.4. The molecule has 2 aromatic rings. The quantitative estimate of drug-likeness (QED) is 0.672. The van der Waals surface area contributed by atoms with Crippen molar-refractivity contribution in [3.05, 3.63) is 66.4 Å². The lowest BCUT2D eigenvalue weighted by molar-refractivity contribution is 0.623. The van der Waals surface area contributed by atoms with Gasteiger partial charge in [0.2, 0.25) is 0 Å². The molecule has 0 aliphatic carbocycles. The molecule has 1 atom stereocenters. The van der Waals surface area contributed by atoms with Crippen LogP contribution in [0, 0.1) is 23.2 Å². The van der Waals surface area contributed by atoms with Gasteiger partial charge in [-0.1, -0.05) is 15.9 Å². The predicted octanol–water partition coefficient (Wildman–Crippen LogP) is 4.86. The molecule has 0 aliphatic rings. The average Bonchev–Trinajstić information content (AvgIpc) is 2.30. The summed E-state index contributed by atoms with van der Waals surface area (Å²) in [6.07, 6.45) is 0. The molecule has 2 aromatic carbocycles. The summed E-state index contributed by atoms with van der Waals surface area (Å²) in [6, 6.07) is 8.87. The lowest BCUT2D eigenvalue weighted by atomic mass is 9.92. The van der Waals surface area contributed by atoms with Gasteiger partial charge < -0.3 is 5.73 Å². The van der Waals surface area contributed by atoms with Crippen molar-refractivity contribution in [3.63, 3.8) is 0 Å². The van der Waals surface area contributed by atoms with Crippen LogP contribution in [0.3, 0.4) is 0 Å². The van der Waals surface area contributed by atoms with E-state index >= 15 is 0 Å². The maximum Gasteiger partial charge on any atom is 0.123 e. The fraction of sp³-hybridized carbons (Fsp3) is 0.200. The second-order valence-corrected chi connectivity index (χ2v) is 6.70. The van der Waals surface area contributed by atoms with E-state index in [1.165, 1.54) is 12.1 Å². The standard InChI is InChI=1S/C15H14BrFIN/c1-8-5-10(17)6-9(2)14(8)15(19)12-7-11(18)3-4-13(12)16/h3-7,15H,19H2,1-2H3. The van der Waals surface area contributed by atoms with Crippen molar-refractivity contribution in [1.82, 2.24) is 0 Å². The van der Waals surface area contributed by atoms with Gasteiger partial charge in [0.25, 0.3) is 0 Å². The van der Waals surface area contributed by atoms with Gasteiger partial charge in [0.1, 0.15) is 5.82 Å². The molecule has 2 rings (SSSR count). The maximum atomic E-state index is 13.4. The van der Waals surface area contributed by atoms with Crippen molar-refractivity contribution < 1.29 is 4.39 Å². The number of benzene rings is 2. The van der Waals surface area contributed by atoms with Gasteiger partial charge in [0.05, 0.1) is 6.04 Å². The van der Waals surface area contributed by atoms with E-state index in [9.17, 15) is 4.39 Å². The summed E-state index contributed by atoms with van der Waals surface area (Å²) >= 11 is 5.80. The Morgan fingerprint density at radius 2 is 1.74 bits per heavy atom. The summed E-state index contributed by atoms with van der Waals surface area (Å²) in [5.74, 6) is -0.215. The molecule has 0 bridgehead atoms. The third kappa shape index (κ3) is 3.17. The zero-order valence-corrected chi connectivity index (χ0v) is 14.4. The van der Waals surface area contributed by atoms with Crippen molar-refractivity contribution in [2.45, 2.75) is 19.9 Å². The zero-order valence-electron chi connectivity index (χ0n) is 10.7. The highest BCUT2D eigenvalue weighted by atomic mass is 127. The Hall–Kier alpha value is -0.460. The summed E-state index contributed by atoms with van der Waals surface area (Å²) in [6.45, 7) is 3.79. The van der Waals surface area contributed by atoms with Crippen LogP contribution in [0.25, 0.3) is 0 Å². The van der Waals surface area contributed by atoms with Crippen LogP contribution in [-0.4, -0.2) is 0 Å². The minimum atomic E-state index is -0.260. The zero-order chi connectivity index (χ0) is 14.2. The van der Waals surface area contributed by atoms with Gasteiger partial charge in [-0.05, 0) is 89.0 Å². The normalized spacial score (nSPS) is 12.5. The van der Waals surface area contributed by atoms with Gasteiger partial charge >= 0.3 is 0 Å². The highest BCUT2D eigenvalue weighted by molar-refractivity contribution is 14.1. The van der Waals surface area contributed by atoms with E-state index < -0.39 is 0 Å². The first kappa shape index (κ1) is 14.9. The van der Waals surface area contributed by atoms with E-state index in [4.69, 9.17) is 5.73 Å². The molecule has 1 unspecified atom stereocenters. The van der Waals surface area contributed by atoms with Crippen molar-refractivity contribution in [2.24, 2.45) is 5.73 Å². The molecule has 2 N–H and O–H groups in total. The topological polar surface area (TPSA) is 26.0 Å². The van der Waals surface area contributed by atoms with Gasteiger partial charge in [-0.15, -0.1) is 0 Å². The first-order valence-corrected chi connectivity index (χ1v) is 7.74. The molecular weight excluding hydrogens is 420 g/mol.